The van der Waals surface area contributed by atoms with Gasteiger partial charge in [-0.15, -0.1) is 0 Å². The molecule has 2 nitrogen and oxygen atoms in total. The number of benzene rings is 2. The molecule has 1 aliphatic rings. The van der Waals surface area contributed by atoms with E-state index in [-0.39, 0.29) is 12.1 Å². The van der Waals surface area contributed by atoms with Crippen LogP contribution in [-0.4, -0.2) is 11.8 Å². The minimum absolute atomic E-state index is 0.205. The van der Waals surface area contributed by atoms with E-state index in [1.165, 1.54) is 16.8 Å². The van der Waals surface area contributed by atoms with Gasteiger partial charge in [-0.05, 0) is 30.9 Å². The first-order valence-electron chi connectivity index (χ1n) is 7.60. The van der Waals surface area contributed by atoms with Crippen molar-refractivity contribution in [3.63, 3.8) is 0 Å². The Morgan fingerprint density at radius 2 is 1.71 bits per heavy atom. The first-order chi connectivity index (χ1) is 10.3. The summed E-state index contributed by atoms with van der Waals surface area (Å²) in [7, 11) is 0. The molecule has 0 spiro atoms. The molecule has 0 bridgehead atoms. The van der Waals surface area contributed by atoms with E-state index in [1.807, 2.05) is 24.3 Å². The van der Waals surface area contributed by atoms with Crippen molar-refractivity contribution >= 4 is 5.71 Å². The van der Waals surface area contributed by atoms with Crippen LogP contribution in [0, 0.1) is 0 Å². The summed E-state index contributed by atoms with van der Waals surface area (Å²) in [5, 5.41) is 0. The zero-order valence-electron chi connectivity index (χ0n) is 12.4. The fraction of sp³-hybridized carbons (Fsp3) is 0.316. The molecule has 0 unspecified atom stereocenters. The number of nitrogens with zero attached hydrogens (tertiary/aromatic N) is 1. The lowest BCUT2D eigenvalue weighted by Gasteiger charge is -2.29. The van der Waals surface area contributed by atoms with Crippen molar-refractivity contribution in [3.05, 3.63) is 71.8 Å². The second-order valence-corrected chi connectivity index (χ2v) is 5.53. The minimum Gasteiger partial charge on any atom is -0.368 e. The molecular formula is C19H21NO. The van der Waals surface area contributed by atoms with Crippen LogP contribution in [-0.2, 0) is 11.3 Å². The quantitative estimate of drug-likeness (QED) is 0.785. The predicted octanol–water partition coefficient (Wildman–Crippen LogP) is 4.57. The van der Waals surface area contributed by atoms with Gasteiger partial charge in [-0.25, -0.2) is 0 Å². The van der Waals surface area contributed by atoms with Crippen molar-refractivity contribution in [2.75, 3.05) is 0 Å². The lowest BCUT2D eigenvalue weighted by atomic mass is 9.92. The molecule has 0 aromatic heterocycles. The Morgan fingerprint density at radius 1 is 1.05 bits per heavy atom. The van der Waals surface area contributed by atoms with Crippen LogP contribution in [0.4, 0.5) is 0 Å². The second-order valence-electron chi connectivity index (χ2n) is 5.53. The lowest BCUT2D eigenvalue weighted by molar-refractivity contribution is 0.0623. The Bertz CT molecular complexity index is 591. The minimum atomic E-state index is 0.205. The molecule has 0 N–H and O–H groups in total. The van der Waals surface area contributed by atoms with E-state index < -0.39 is 0 Å². The maximum Gasteiger partial charge on any atom is 0.0959 e. The first-order valence-corrected chi connectivity index (χ1v) is 7.60. The highest BCUT2D eigenvalue weighted by Gasteiger charge is 2.27. The number of hydrogen-bond donors (Lipinski definition) is 0. The van der Waals surface area contributed by atoms with E-state index in [4.69, 9.17) is 9.73 Å². The largest absolute Gasteiger partial charge is 0.368 e. The maximum absolute atomic E-state index is 5.98. The number of ether oxygens (including phenoxy) is 1. The van der Waals surface area contributed by atoms with Gasteiger partial charge < -0.3 is 4.74 Å². The average Bonchev–Trinajstić information content (AvgIpc) is 2.53. The van der Waals surface area contributed by atoms with Crippen molar-refractivity contribution in [1.29, 1.82) is 0 Å². The van der Waals surface area contributed by atoms with Crippen LogP contribution in [0.2, 0.25) is 0 Å². The Morgan fingerprint density at radius 3 is 2.33 bits per heavy atom. The summed E-state index contributed by atoms with van der Waals surface area (Å²) >= 11 is 0. The highest BCUT2D eigenvalue weighted by molar-refractivity contribution is 5.94. The van der Waals surface area contributed by atoms with E-state index in [2.05, 4.69) is 43.3 Å². The normalized spacial score (nSPS) is 21.0. The number of hydrogen-bond acceptors (Lipinski definition) is 2. The molecule has 0 radical (unpaired) electrons. The van der Waals surface area contributed by atoms with E-state index in [0.717, 1.165) is 12.8 Å². The SMILES string of the molecule is C[C@@H](N=C1CC[C@H]1OCc1ccccc1)c1ccccc1. The highest BCUT2D eigenvalue weighted by atomic mass is 16.5. The fourth-order valence-electron chi connectivity index (χ4n) is 2.54. The van der Waals surface area contributed by atoms with Gasteiger partial charge in [-0.2, -0.15) is 0 Å². The number of rotatable bonds is 5. The summed E-state index contributed by atoms with van der Waals surface area (Å²) < 4.78 is 5.98. The van der Waals surface area contributed by atoms with Gasteiger partial charge in [0.25, 0.3) is 0 Å². The van der Waals surface area contributed by atoms with Crippen LogP contribution in [0.5, 0.6) is 0 Å². The molecule has 1 aliphatic carbocycles. The summed E-state index contributed by atoms with van der Waals surface area (Å²) in [4.78, 5) is 4.84. The molecule has 108 valence electrons. The molecule has 1 fully saturated rings. The summed E-state index contributed by atoms with van der Waals surface area (Å²) in [6.07, 6.45) is 2.36. The van der Waals surface area contributed by atoms with Crippen LogP contribution < -0.4 is 0 Å². The Balaban J connectivity index is 1.58. The van der Waals surface area contributed by atoms with Crippen LogP contribution in [0.1, 0.15) is 36.9 Å². The molecule has 21 heavy (non-hydrogen) atoms. The van der Waals surface area contributed by atoms with E-state index >= 15 is 0 Å². The van der Waals surface area contributed by atoms with Crippen molar-refractivity contribution in [2.24, 2.45) is 4.99 Å². The average molecular weight is 279 g/mol. The number of aliphatic imine (C=N–C) groups is 1. The molecule has 2 aromatic carbocycles. The molecule has 2 atom stereocenters. The highest BCUT2D eigenvalue weighted by Crippen LogP contribution is 2.26. The van der Waals surface area contributed by atoms with Crippen LogP contribution in [0.25, 0.3) is 0 Å². The molecular weight excluding hydrogens is 258 g/mol. The van der Waals surface area contributed by atoms with E-state index in [9.17, 15) is 0 Å². The van der Waals surface area contributed by atoms with Crippen LogP contribution in [0.15, 0.2) is 65.7 Å². The zero-order valence-corrected chi connectivity index (χ0v) is 12.4. The van der Waals surface area contributed by atoms with Gasteiger partial charge in [0.2, 0.25) is 0 Å². The molecule has 3 rings (SSSR count). The van der Waals surface area contributed by atoms with Crippen molar-refractivity contribution < 1.29 is 4.74 Å². The fourth-order valence-corrected chi connectivity index (χ4v) is 2.54. The van der Waals surface area contributed by atoms with Gasteiger partial charge in [-0.3, -0.25) is 4.99 Å². The lowest BCUT2D eigenvalue weighted by Crippen LogP contribution is -2.34. The van der Waals surface area contributed by atoms with Crippen LogP contribution >= 0.6 is 0 Å². The van der Waals surface area contributed by atoms with E-state index in [1.54, 1.807) is 0 Å². The topological polar surface area (TPSA) is 21.6 Å². The van der Waals surface area contributed by atoms with Crippen molar-refractivity contribution in [1.82, 2.24) is 0 Å². The van der Waals surface area contributed by atoms with Crippen molar-refractivity contribution in [3.8, 4) is 0 Å². The molecule has 2 aromatic rings. The maximum atomic E-state index is 5.98. The third-order valence-corrected chi connectivity index (χ3v) is 3.97. The first kappa shape index (κ1) is 14.0. The second kappa shape index (κ2) is 6.68. The van der Waals surface area contributed by atoms with Gasteiger partial charge in [0.1, 0.15) is 0 Å². The zero-order chi connectivity index (χ0) is 14.5. The molecule has 1 saturated carbocycles. The van der Waals surface area contributed by atoms with Gasteiger partial charge in [0, 0.05) is 5.71 Å². The Kier molecular flexibility index (Phi) is 4.46. The predicted molar refractivity (Wildman–Crippen MR) is 86.5 cm³/mol. The van der Waals surface area contributed by atoms with Gasteiger partial charge in [0.15, 0.2) is 0 Å². The van der Waals surface area contributed by atoms with Crippen LogP contribution in [0.3, 0.4) is 0 Å². The molecule has 0 amide bonds. The Hall–Kier alpha value is -1.93. The third-order valence-electron chi connectivity index (χ3n) is 3.97. The monoisotopic (exact) mass is 279 g/mol. The molecule has 0 aliphatic heterocycles. The van der Waals surface area contributed by atoms with E-state index in [0.29, 0.717) is 6.61 Å². The summed E-state index contributed by atoms with van der Waals surface area (Å²) in [6, 6.07) is 21.0. The molecule has 2 heteroatoms. The third kappa shape index (κ3) is 3.59. The Labute approximate surface area is 126 Å². The summed E-state index contributed by atoms with van der Waals surface area (Å²) in [6.45, 7) is 2.82. The molecule has 0 saturated heterocycles. The van der Waals surface area contributed by atoms with Crippen molar-refractivity contribution in [2.45, 2.75) is 38.5 Å². The van der Waals surface area contributed by atoms with Gasteiger partial charge in [0.05, 0.1) is 18.8 Å². The standard InChI is InChI=1S/C19H21NO/c1-15(17-10-6-3-7-11-17)20-18-12-13-19(18)21-14-16-8-4-2-5-9-16/h2-11,15,19H,12-14H2,1H3/t15-,19-/m1/s1. The molecule has 0 heterocycles. The summed E-state index contributed by atoms with van der Waals surface area (Å²) in [5.74, 6) is 0. The smallest absolute Gasteiger partial charge is 0.0959 e. The van der Waals surface area contributed by atoms with Gasteiger partial charge >= 0.3 is 0 Å². The summed E-state index contributed by atoms with van der Waals surface area (Å²) in [5.41, 5.74) is 3.70. The van der Waals surface area contributed by atoms with Gasteiger partial charge in [-0.1, -0.05) is 60.7 Å².